The smallest absolute Gasteiger partial charge is 0.307 e. The van der Waals surface area contributed by atoms with Crippen molar-refractivity contribution >= 4 is 16.9 Å². The highest BCUT2D eigenvalue weighted by Gasteiger charge is 2.13. The first kappa shape index (κ1) is 11.7. The van der Waals surface area contributed by atoms with Crippen LogP contribution in [0.1, 0.15) is 16.8 Å². The molecule has 0 aliphatic heterocycles. The van der Waals surface area contributed by atoms with E-state index in [9.17, 15) is 4.79 Å². The molecular weight excluding hydrogens is 218 g/mol. The number of hydrogen-bond donors (Lipinski definition) is 3. The molecule has 0 amide bonds. The van der Waals surface area contributed by atoms with Crippen LogP contribution in [0.2, 0.25) is 0 Å². The summed E-state index contributed by atoms with van der Waals surface area (Å²) < 4.78 is 0. The molecule has 0 unspecified atom stereocenters. The standard InChI is InChI=1S/C13H15NO3/c1-8-11(7-12(16)17)10-4-2-3-9(5-6-15)13(10)14-8/h2-4,14-15H,5-7H2,1H3,(H,16,17). The van der Waals surface area contributed by atoms with Crippen LogP contribution < -0.4 is 0 Å². The van der Waals surface area contributed by atoms with Crippen molar-refractivity contribution in [1.82, 2.24) is 4.98 Å². The normalized spacial score (nSPS) is 10.9. The fourth-order valence-electron chi connectivity index (χ4n) is 2.17. The van der Waals surface area contributed by atoms with Crippen LogP contribution in [0.4, 0.5) is 0 Å². The Morgan fingerprint density at radius 1 is 1.41 bits per heavy atom. The van der Waals surface area contributed by atoms with Crippen molar-refractivity contribution < 1.29 is 15.0 Å². The van der Waals surface area contributed by atoms with E-state index in [4.69, 9.17) is 10.2 Å². The molecule has 3 N–H and O–H groups in total. The van der Waals surface area contributed by atoms with Crippen LogP contribution in [0.5, 0.6) is 0 Å². The van der Waals surface area contributed by atoms with Gasteiger partial charge in [-0.2, -0.15) is 0 Å². The lowest BCUT2D eigenvalue weighted by atomic mass is 10.0. The minimum atomic E-state index is -0.832. The number of aryl methyl sites for hydroxylation is 1. The maximum atomic E-state index is 10.8. The molecule has 0 bridgehead atoms. The number of carboxylic acid groups (broad SMARTS) is 1. The van der Waals surface area contributed by atoms with Crippen LogP contribution in [0.15, 0.2) is 18.2 Å². The molecule has 1 aromatic carbocycles. The van der Waals surface area contributed by atoms with Gasteiger partial charge in [0.2, 0.25) is 0 Å². The maximum absolute atomic E-state index is 10.8. The first-order valence-corrected chi connectivity index (χ1v) is 5.55. The Bertz CT molecular complexity index is 557. The molecule has 4 nitrogen and oxygen atoms in total. The third-order valence-corrected chi connectivity index (χ3v) is 2.95. The van der Waals surface area contributed by atoms with E-state index in [0.717, 1.165) is 27.7 Å². The summed E-state index contributed by atoms with van der Waals surface area (Å²) in [5.41, 5.74) is 3.67. The first-order chi connectivity index (χ1) is 8.13. The summed E-state index contributed by atoms with van der Waals surface area (Å²) in [6, 6.07) is 5.75. The third kappa shape index (κ3) is 2.17. The van der Waals surface area contributed by atoms with Gasteiger partial charge in [0.1, 0.15) is 0 Å². The average molecular weight is 233 g/mol. The Morgan fingerprint density at radius 2 is 2.18 bits per heavy atom. The van der Waals surface area contributed by atoms with Gasteiger partial charge in [0.25, 0.3) is 0 Å². The molecule has 17 heavy (non-hydrogen) atoms. The number of carbonyl (C=O) groups is 1. The zero-order chi connectivity index (χ0) is 12.4. The number of carboxylic acids is 1. The second-order valence-electron chi connectivity index (χ2n) is 4.11. The number of aromatic amines is 1. The number of fused-ring (bicyclic) bond motifs is 1. The minimum absolute atomic E-state index is 0.0222. The largest absolute Gasteiger partial charge is 0.481 e. The molecule has 90 valence electrons. The molecule has 0 aliphatic carbocycles. The zero-order valence-corrected chi connectivity index (χ0v) is 9.66. The van der Waals surface area contributed by atoms with E-state index in [2.05, 4.69) is 4.98 Å². The molecule has 0 fully saturated rings. The molecule has 1 aromatic heterocycles. The number of benzene rings is 1. The van der Waals surface area contributed by atoms with Gasteiger partial charge in [0, 0.05) is 23.2 Å². The van der Waals surface area contributed by atoms with Crippen LogP contribution in [-0.4, -0.2) is 27.8 Å². The van der Waals surface area contributed by atoms with Crippen molar-refractivity contribution in [1.29, 1.82) is 0 Å². The number of nitrogens with one attached hydrogen (secondary N) is 1. The number of aromatic nitrogens is 1. The first-order valence-electron chi connectivity index (χ1n) is 5.55. The fourth-order valence-corrected chi connectivity index (χ4v) is 2.17. The lowest BCUT2D eigenvalue weighted by Crippen LogP contribution is -2.00. The van der Waals surface area contributed by atoms with E-state index >= 15 is 0 Å². The summed E-state index contributed by atoms with van der Waals surface area (Å²) >= 11 is 0. The SMILES string of the molecule is Cc1[nH]c2c(CCO)cccc2c1CC(=O)O. The summed E-state index contributed by atoms with van der Waals surface area (Å²) in [6.07, 6.45) is 0.595. The van der Waals surface area contributed by atoms with E-state index in [0.29, 0.717) is 6.42 Å². The van der Waals surface area contributed by atoms with Gasteiger partial charge in [-0.25, -0.2) is 0 Å². The second kappa shape index (κ2) is 4.59. The van der Waals surface area contributed by atoms with Crippen molar-refractivity contribution in [2.45, 2.75) is 19.8 Å². The van der Waals surface area contributed by atoms with Gasteiger partial charge in [-0.1, -0.05) is 18.2 Å². The van der Waals surface area contributed by atoms with Gasteiger partial charge in [0.15, 0.2) is 0 Å². The van der Waals surface area contributed by atoms with Crippen molar-refractivity contribution in [3.8, 4) is 0 Å². The van der Waals surface area contributed by atoms with Crippen LogP contribution in [0, 0.1) is 6.92 Å². The molecule has 2 rings (SSSR count). The predicted molar refractivity (Wildman–Crippen MR) is 65.2 cm³/mol. The van der Waals surface area contributed by atoms with Crippen LogP contribution in [-0.2, 0) is 17.6 Å². The summed E-state index contributed by atoms with van der Waals surface area (Å²) in [5, 5.41) is 18.8. The van der Waals surface area contributed by atoms with Crippen LogP contribution >= 0.6 is 0 Å². The lowest BCUT2D eigenvalue weighted by molar-refractivity contribution is -0.136. The van der Waals surface area contributed by atoms with Crippen molar-refractivity contribution in [3.63, 3.8) is 0 Å². The summed E-state index contributed by atoms with van der Waals surface area (Å²) in [7, 11) is 0. The minimum Gasteiger partial charge on any atom is -0.481 e. The highest BCUT2D eigenvalue weighted by molar-refractivity contribution is 5.90. The van der Waals surface area contributed by atoms with Crippen LogP contribution in [0.3, 0.4) is 0 Å². The third-order valence-electron chi connectivity index (χ3n) is 2.95. The molecular formula is C13H15NO3. The van der Waals surface area contributed by atoms with Gasteiger partial charge in [-0.15, -0.1) is 0 Å². The van der Waals surface area contributed by atoms with E-state index < -0.39 is 5.97 Å². The Balaban J connectivity index is 2.58. The average Bonchev–Trinajstić information content (AvgIpc) is 2.57. The topological polar surface area (TPSA) is 73.3 Å². The number of aliphatic carboxylic acids is 1. The molecule has 0 radical (unpaired) electrons. The molecule has 0 saturated heterocycles. The highest BCUT2D eigenvalue weighted by Crippen LogP contribution is 2.25. The van der Waals surface area contributed by atoms with E-state index in [1.807, 2.05) is 25.1 Å². The Kier molecular flexibility index (Phi) is 3.15. The van der Waals surface area contributed by atoms with Crippen molar-refractivity contribution in [3.05, 3.63) is 35.0 Å². The molecule has 2 aromatic rings. The van der Waals surface area contributed by atoms with E-state index in [1.54, 1.807) is 0 Å². The number of aliphatic hydroxyl groups is 1. The van der Waals surface area contributed by atoms with Gasteiger partial charge in [-0.3, -0.25) is 4.79 Å². The molecule has 4 heteroatoms. The van der Waals surface area contributed by atoms with Crippen molar-refractivity contribution in [2.24, 2.45) is 0 Å². The Hall–Kier alpha value is -1.81. The van der Waals surface area contributed by atoms with Crippen LogP contribution in [0.25, 0.3) is 10.9 Å². The van der Waals surface area contributed by atoms with Gasteiger partial charge in [0.05, 0.1) is 6.42 Å². The summed E-state index contributed by atoms with van der Waals surface area (Å²) in [4.78, 5) is 14.0. The molecule has 1 heterocycles. The Labute approximate surface area is 98.9 Å². The fraction of sp³-hybridized carbons (Fsp3) is 0.308. The monoisotopic (exact) mass is 233 g/mol. The number of aliphatic hydroxyl groups excluding tert-OH is 1. The highest BCUT2D eigenvalue weighted by atomic mass is 16.4. The number of hydrogen-bond acceptors (Lipinski definition) is 2. The number of H-pyrrole nitrogens is 1. The molecule has 0 saturated carbocycles. The zero-order valence-electron chi connectivity index (χ0n) is 9.66. The predicted octanol–water partition coefficient (Wildman–Crippen LogP) is 1.64. The van der Waals surface area contributed by atoms with Gasteiger partial charge < -0.3 is 15.2 Å². The summed E-state index contributed by atoms with van der Waals surface area (Å²) in [6.45, 7) is 1.96. The van der Waals surface area contributed by atoms with E-state index in [-0.39, 0.29) is 13.0 Å². The second-order valence-corrected chi connectivity index (χ2v) is 4.11. The summed E-state index contributed by atoms with van der Waals surface area (Å²) in [5.74, 6) is -0.832. The lowest BCUT2D eigenvalue weighted by Gasteiger charge is -2.01. The molecule has 0 spiro atoms. The van der Waals surface area contributed by atoms with Gasteiger partial charge >= 0.3 is 5.97 Å². The maximum Gasteiger partial charge on any atom is 0.307 e. The quantitative estimate of drug-likeness (QED) is 0.751. The molecule has 0 atom stereocenters. The Morgan fingerprint density at radius 3 is 2.82 bits per heavy atom. The number of rotatable bonds is 4. The van der Waals surface area contributed by atoms with E-state index in [1.165, 1.54) is 0 Å². The molecule has 0 aliphatic rings. The van der Waals surface area contributed by atoms with Crippen molar-refractivity contribution in [2.75, 3.05) is 6.61 Å². The van der Waals surface area contributed by atoms with Gasteiger partial charge in [-0.05, 0) is 24.5 Å². The number of para-hydroxylation sites is 1.